The number of carbonyl (C=O) groups excluding carboxylic acids is 4. The molecule has 0 spiro atoms. The SMILES string of the molecule is CCC(=O)C[C@]1(C(=O)COC(C)=O)CC[C@H]2[C@@H]3C[C@H](C)C4=CC(=O)C=C[C@]4(C)[C@H]3[C@@H](O)C[C@@]21C. The van der Waals surface area contributed by atoms with E-state index in [1.807, 2.05) is 6.08 Å². The first-order valence-electron chi connectivity index (χ1n) is 12.7. The van der Waals surface area contributed by atoms with E-state index in [2.05, 4.69) is 20.8 Å². The van der Waals surface area contributed by atoms with E-state index < -0.39 is 28.3 Å². The van der Waals surface area contributed by atoms with E-state index in [1.165, 1.54) is 6.92 Å². The minimum atomic E-state index is -0.940. The van der Waals surface area contributed by atoms with Crippen LogP contribution in [0.25, 0.3) is 0 Å². The van der Waals surface area contributed by atoms with Crippen molar-refractivity contribution in [2.45, 2.75) is 79.2 Å². The molecule has 1 N–H and O–H groups in total. The van der Waals surface area contributed by atoms with Gasteiger partial charge in [-0.2, -0.15) is 0 Å². The molecule has 0 unspecified atom stereocenters. The van der Waals surface area contributed by atoms with Gasteiger partial charge in [0, 0.05) is 36.5 Å². The molecule has 186 valence electrons. The predicted molar refractivity (Wildman–Crippen MR) is 127 cm³/mol. The van der Waals surface area contributed by atoms with Crippen LogP contribution in [0.2, 0.25) is 0 Å². The third-order valence-electron chi connectivity index (χ3n) is 10.0. The Morgan fingerprint density at radius 3 is 2.59 bits per heavy atom. The molecule has 0 aromatic rings. The summed E-state index contributed by atoms with van der Waals surface area (Å²) in [6.07, 6.45) is 7.81. The number of hydrogen-bond donors (Lipinski definition) is 1. The zero-order chi connectivity index (χ0) is 25.1. The molecule has 4 aliphatic rings. The van der Waals surface area contributed by atoms with Gasteiger partial charge in [0.15, 0.2) is 18.2 Å². The molecule has 6 heteroatoms. The lowest BCUT2D eigenvalue weighted by Crippen LogP contribution is -2.60. The lowest BCUT2D eigenvalue weighted by Gasteiger charge is -2.61. The summed E-state index contributed by atoms with van der Waals surface area (Å²) in [6.45, 7) is 9.13. The zero-order valence-electron chi connectivity index (χ0n) is 21.1. The van der Waals surface area contributed by atoms with Gasteiger partial charge in [0.2, 0.25) is 0 Å². The number of rotatable bonds is 6. The average Bonchev–Trinajstić information content (AvgIpc) is 3.05. The number of Topliss-reactive ketones (excluding diaryl/α,β-unsaturated/α-hetero) is 2. The standard InChI is InChI=1S/C28H38O6/c1-6-18(30)13-28(24(33)15-34-17(3)29)10-8-21-20-11-16(2)22-12-19(31)7-9-26(22,4)25(20)23(32)14-27(21,28)5/h7,9,12,16,20-21,23,25,32H,6,8,10-11,13-15H2,1-5H3/t16-,20-,21-,23-,25+,26-,27-,28-/m0/s1. The summed E-state index contributed by atoms with van der Waals surface area (Å²) in [5, 5.41) is 11.7. The van der Waals surface area contributed by atoms with E-state index in [4.69, 9.17) is 4.74 Å². The van der Waals surface area contributed by atoms with Gasteiger partial charge in [-0.3, -0.25) is 19.2 Å². The van der Waals surface area contributed by atoms with Crippen molar-refractivity contribution >= 4 is 23.3 Å². The van der Waals surface area contributed by atoms with Crippen molar-refractivity contribution < 1.29 is 29.0 Å². The molecule has 0 bridgehead atoms. The van der Waals surface area contributed by atoms with Crippen molar-refractivity contribution in [2.75, 3.05) is 6.61 Å². The van der Waals surface area contributed by atoms with Crippen molar-refractivity contribution in [2.24, 2.45) is 39.9 Å². The number of aliphatic hydroxyl groups is 1. The maximum absolute atomic E-state index is 13.7. The van der Waals surface area contributed by atoms with Gasteiger partial charge in [-0.1, -0.05) is 39.3 Å². The first kappa shape index (κ1) is 25.0. The first-order chi connectivity index (χ1) is 15.9. The van der Waals surface area contributed by atoms with Gasteiger partial charge in [0.05, 0.1) is 6.10 Å². The largest absolute Gasteiger partial charge is 0.458 e. The number of fused-ring (bicyclic) bond motifs is 5. The van der Waals surface area contributed by atoms with Crippen molar-refractivity contribution in [3.8, 4) is 0 Å². The van der Waals surface area contributed by atoms with Gasteiger partial charge in [-0.15, -0.1) is 0 Å². The van der Waals surface area contributed by atoms with Crippen molar-refractivity contribution in [3.63, 3.8) is 0 Å². The zero-order valence-corrected chi connectivity index (χ0v) is 21.1. The molecule has 0 radical (unpaired) electrons. The van der Waals surface area contributed by atoms with E-state index in [0.717, 1.165) is 18.4 Å². The summed E-state index contributed by atoms with van der Waals surface area (Å²) in [5.74, 6) is -0.195. The predicted octanol–water partition coefficient (Wildman–Crippen LogP) is 4.00. The van der Waals surface area contributed by atoms with Crippen LogP contribution in [0.4, 0.5) is 0 Å². The summed E-state index contributed by atoms with van der Waals surface area (Å²) >= 11 is 0. The minimum absolute atomic E-state index is 0.00180. The Hall–Kier alpha value is -2.08. The third-order valence-corrected chi connectivity index (χ3v) is 10.0. The molecule has 4 aliphatic carbocycles. The van der Waals surface area contributed by atoms with Crippen molar-refractivity contribution in [3.05, 3.63) is 23.8 Å². The Kier molecular flexibility index (Phi) is 6.29. The van der Waals surface area contributed by atoms with Crippen molar-refractivity contribution in [1.29, 1.82) is 0 Å². The van der Waals surface area contributed by atoms with E-state index in [0.29, 0.717) is 19.3 Å². The highest BCUT2D eigenvalue weighted by atomic mass is 16.5. The molecule has 3 saturated carbocycles. The summed E-state index contributed by atoms with van der Waals surface area (Å²) < 4.78 is 5.12. The lowest BCUT2D eigenvalue weighted by atomic mass is 9.43. The van der Waals surface area contributed by atoms with Crippen LogP contribution in [0.5, 0.6) is 0 Å². The van der Waals surface area contributed by atoms with Gasteiger partial charge in [-0.25, -0.2) is 0 Å². The van der Waals surface area contributed by atoms with Crippen LogP contribution < -0.4 is 0 Å². The number of esters is 1. The quantitative estimate of drug-likeness (QED) is 0.589. The Labute approximate surface area is 202 Å². The fourth-order valence-corrected chi connectivity index (χ4v) is 8.48. The molecule has 0 aliphatic heterocycles. The fourth-order valence-electron chi connectivity index (χ4n) is 8.48. The molecule has 0 aromatic carbocycles. The van der Waals surface area contributed by atoms with Crippen LogP contribution in [-0.2, 0) is 23.9 Å². The lowest BCUT2D eigenvalue weighted by molar-refractivity contribution is -0.167. The maximum atomic E-state index is 13.7. The van der Waals surface area contributed by atoms with Crippen LogP contribution in [0, 0.1) is 39.9 Å². The number of carbonyl (C=O) groups is 4. The van der Waals surface area contributed by atoms with Gasteiger partial charge in [0.25, 0.3) is 0 Å². The van der Waals surface area contributed by atoms with Crippen LogP contribution in [0.1, 0.15) is 73.1 Å². The molecule has 0 heterocycles. The van der Waals surface area contributed by atoms with E-state index in [1.54, 1.807) is 19.1 Å². The third kappa shape index (κ3) is 3.55. The molecule has 34 heavy (non-hydrogen) atoms. The Bertz CT molecular complexity index is 977. The molecule has 0 saturated heterocycles. The topological polar surface area (TPSA) is 97.7 Å². The van der Waals surface area contributed by atoms with Crippen LogP contribution in [0.15, 0.2) is 23.8 Å². The van der Waals surface area contributed by atoms with Crippen LogP contribution in [0.3, 0.4) is 0 Å². The Balaban J connectivity index is 1.76. The van der Waals surface area contributed by atoms with Crippen LogP contribution in [-0.4, -0.2) is 41.1 Å². The highest BCUT2D eigenvalue weighted by Crippen LogP contribution is 2.71. The molecule has 0 amide bonds. The first-order valence-corrected chi connectivity index (χ1v) is 12.7. The monoisotopic (exact) mass is 470 g/mol. The molecular formula is C28H38O6. The fraction of sp³-hybridized carbons (Fsp3) is 0.714. The van der Waals surface area contributed by atoms with Crippen LogP contribution >= 0.6 is 0 Å². The second kappa shape index (κ2) is 8.54. The number of ether oxygens (including phenoxy) is 1. The van der Waals surface area contributed by atoms with Gasteiger partial charge >= 0.3 is 5.97 Å². The second-order valence-electron chi connectivity index (χ2n) is 11.6. The highest BCUT2D eigenvalue weighted by molar-refractivity contribution is 6.01. The molecule has 8 atom stereocenters. The molecule has 0 aromatic heterocycles. The number of ketones is 3. The molecule has 3 fully saturated rings. The maximum Gasteiger partial charge on any atom is 0.303 e. The summed E-state index contributed by atoms with van der Waals surface area (Å²) in [6, 6.07) is 0. The van der Waals surface area contributed by atoms with E-state index in [9.17, 15) is 24.3 Å². The number of aliphatic hydroxyl groups excluding tert-OH is 1. The average molecular weight is 471 g/mol. The minimum Gasteiger partial charge on any atom is -0.458 e. The summed E-state index contributed by atoms with van der Waals surface area (Å²) in [4.78, 5) is 50.0. The normalized spacial score (nSPS) is 42.8. The smallest absolute Gasteiger partial charge is 0.303 e. The van der Waals surface area contributed by atoms with E-state index >= 15 is 0 Å². The summed E-state index contributed by atoms with van der Waals surface area (Å²) in [7, 11) is 0. The Morgan fingerprint density at radius 1 is 1.24 bits per heavy atom. The van der Waals surface area contributed by atoms with Crippen molar-refractivity contribution in [1.82, 2.24) is 0 Å². The molecule has 6 nitrogen and oxygen atoms in total. The molecule has 4 rings (SSSR count). The summed E-state index contributed by atoms with van der Waals surface area (Å²) in [5.41, 5.74) is -0.810. The second-order valence-corrected chi connectivity index (χ2v) is 11.6. The van der Waals surface area contributed by atoms with Gasteiger partial charge < -0.3 is 9.84 Å². The van der Waals surface area contributed by atoms with Gasteiger partial charge in [0.1, 0.15) is 5.78 Å². The number of allylic oxidation sites excluding steroid dienone is 4. The Morgan fingerprint density at radius 2 is 1.94 bits per heavy atom. The van der Waals surface area contributed by atoms with E-state index in [-0.39, 0.29) is 54.0 Å². The highest BCUT2D eigenvalue weighted by Gasteiger charge is 2.68. The number of hydrogen-bond acceptors (Lipinski definition) is 6. The molecular weight excluding hydrogens is 432 g/mol. The van der Waals surface area contributed by atoms with Gasteiger partial charge in [-0.05, 0) is 61.0 Å².